The van der Waals surface area contributed by atoms with Gasteiger partial charge in [-0.05, 0) is 25.2 Å². The highest BCUT2D eigenvalue weighted by Crippen LogP contribution is 2.29. The van der Waals surface area contributed by atoms with Gasteiger partial charge in [-0.3, -0.25) is 4.90 Å². The van der Waals surface area contributed by atoms with Gasteiger partial charge in [0.1, 0.15) is 0 Å². The van der Waals surface area contributed by atoms with Gasteiger partial charge < -0.3 is 15.6 Å². The van der Waals surface area contributed by atoms with Crippen molar-refractivity contribution in [3.63, 3.8) is 0 Å². The lowest BCUT2D eigenvalue weighted by atomic mass is 9.81. The molecule has 0 amide bonds. The summed E-state index contributed by atoms with van der Waals surface area (Å²) in [6.45, 7) is 11.5. The molecule has 18 heavy (non-hydrogen) atoms. The number of ether oxygens (including phenoxy) is 1. The number of nitrogens with two attached hydrogens (primary N) is 1. The van der Waals surface area contributed by atoms with Gasteiger partial charge in [0, 0.05) is 25.2 Å². The molecule has 1 rings (SSSR count). The summed E-state index contributed by atoms with van der Waals surface area (Å²) in [5.41, 5.74) is 6.36. The van der Waals surface area contributed by atoms with Crippen molar-refractivity contribution in [3.05, 3.63) is 0 Å². The van der Waals surface area contributed by atoms with Crippen LogP contribution in [0.25, 0.3) is 0 Å². The molecule has 2 unspecified atom stereocenters. The topological polar surface area (TPSA) is 58.7 Å². The smallest absolute Gasteiger partial charge is 0.0701 e. The highest BCUT2D eigenvalue weighted by molar-refractivity contribution is 4.91. The second kappa shape index (κ2) is 6.85. The van der Waals surface area contributed by atoms with E-state index in [1.807, 2.05) is 0 Å². The van der Waals surface area contributed by atoms with Crippen LogP contribution in [0, 0.1) is 5.41 Å². The van der Waals surface area contributed by atoms with Crippen molar-refractivity contribution in [1.82, 2.24) is 4.90 Å². The molecule has 0 spiro atoms. The standard InChI is InChI=1S/C14H30N2O2/c1-11(15)13(14(2,3)4)16-7-5-12(6-8-16)18-10-9-17/h11-13,17H,5-10,15H2,1-4H3. The Bertz CT molecular complexity index is 230. The molecule has 0 aromatic heterocycles. The summed E-state index contributed by atoms with van der Waals surface area (Å²) in [5.74, 6) is 0. The van der Waals surface area contributed by atoms with E-state index in [-0.39, 0.29) is 18.1 Å². The zero-order chi connectivity index (χ0) is 13.8. The lowest BCUT2D eigenvalue weighted by Crippen LogP contribution is -2.56. The van der Waals surface area contributed by atoms with E-state index in [4.69, 9.17) is 15.6 Å². The van der Waals surface area contributed by atoms with Crippen molar-refractivity contribution in [2.45, 2.75) is 58.7 Å². The molecule has 2 atom stereocenters. The number of aliphatic hydroxyl groups excluding tert-OH is 1. The molecule has 0 bridgehead atoms. The number of hydrogen-bond acceptors (Lipinski definition) is 4. The van der Waals surface area contributed by atoms with Crippen molar-refractivity contribution >= 4 is 0 Å². The third kappa shape index (κ3) is 4.50. The van der Waals surface area contributed by atoms with Crippen LogP contribution in [-0.2, 0) is 4.74 Å². The first-order valence-corrected chi connectivity index (χ1v) is 7.08. The molecule has 1 aliphatic heterocycles. The molecule has 0 aromatic carbocycles. The van der Waals surface area contributed by atoms with Crippen LogP contribution in [0.5, 0.6) is 0 Å². The molecule has 4 heteroatoms. The van der Waals surface area contributed by atoms with Crippen LogP contribution in [-0.4, -0.2) is 54.5 Å². The number of nitrogens with zero attached hydrogens (tertiary/aromatic N) is 1. The van der Waals surface area contributed by atoms with Crippen molar-refractivity contribution in [2.24, 2.45) is 11.1 Å². The Morgan fingerprint density at radius 2 is 1.89 bits per heavy atom. The molecule has 1 aliphatic rings. The zero-order valence-electron chi connectivity index (χ0n) is 12.4. The first kappa shape index (κ1) is 15.9. The molecular formula is C14H30N2O2. The molecule has 0 radical (unpaired) electrons. The number of hydrogen-bond donors (Lipinski definition) is 2. The van der Waals surface area contributed by atoms with E-state index in [0.717, 1.165) is 25.9 Å². The highest BCUT2D eigenvalue weighted by atomic mass is 16.5. The molecule has 0 saturated carbocycles. The van der Waals surface area contributed by atoms with Crippen LogP contribution < -0.4 is 5.73 Å². The van der Waals surface area contributed by atoms with Gasteiger partial charge in [-0.1, -0.05) is 20.8 Å². The fourth-order valence-electron chi connectivity index (χ4n) is 3.21. The van der Waals surface area contributed by atoms with Gasteiger partial charge in [0.05, 0.1) is 19.3 Å². The van der Waals surface area contributed by atoms with Crippen molar-refractivity contribution in [1.29, 1.82) is 0 Å². The molecular weight excluding hydrogens is 228 g/mol. The highest BCUT2D eigenvalue weighted by Gasteiger charge is 2.35. The summed E-state index contributed by atoms with van der Waals surface area (Å²) in [4.78, 5) is 2.50. The van der Waals surface area contributed by atoms with E-state index < -0.39 is 0 Å². The monoisotopic (exact) mass is 258 g/mol. The zero-order valence-corrected chi connectivity index (χ0v) is 12.4. The second-order valence-electron chi connectivity index (χ2n) is 6.50. The van der Waals surface area contributed by atoms with Gasteiger partial charge >= 0.3 is 0 Å². The van der Waals surface area contributed by atoms with Crippen LogP contribution in [0.4, 0.5) is 0 Å². The summed E-state index contributed by atoms with van der Waals surface area (Å²) < 4.78 is 5.60. The maximum Gasteiger partial charge on any atom is 0.0701 e. The van der Waals surface area contributed by atoms with Crippen LogP contribution in [0.3, 0.4) is 0 Å². The van der Waals surface area contributed by atoms with Gasteiger partial charge in [-0.25, -0.2) is 0 Å². The average Bonchev–Trinajstić information content (AvgIpc) is 2.25. The van der Waals surface area contributed by atoms with Crippen LogP contribution in [0.1, 0.15) is 40.5 Å². The van der Waals surface area contributed by atoms with Crippen molar-refractivity contribution in [3.8, 4) is 0 Å². The van der Waals surface area contributed by atoms with Gasteiger partial charge in [-0.2, -0.15) is 0 Å². The molecule has 1 saturated heterocycles. The molecule has 108 valence electrons. The van der Waals surface area contributed by atoms with E-state index in [1.54, 1.807) is 0 Å². The van der Waals surface area contributed by atoms with Crippen molar-refractivity contribution < 1.29 is 9.84 Å². The predicted octanol–water partition coefficient (Wildman–Crippen LogP) is 1.22. The van der Waals surface area contributed by atoms with E-state index >= 15 is 0 Å². The fourth-order valence-corrected chi connectivity index (χ4v) is 3.21. The molecule has 3 N–H and O–H groups in total. The number of piperidine rings is 1. The maximum atomic E-state index is 8.76. The first-order chi connectivity index (χ1) is 8.36. The minimum atomic E-state index is 0.116. The lowest BCUT2D eigenvalue weighted by Gasteiger charge is -2.45. The first-order valence-electron chi connectivity index (χ1n) is 7.08. The van der Waals surface area contributed by atoms with E-state index in [2.05, 4.69) is 32.6 Å². The number of likely N-dealkylation sites (tertiary alicyclic amines) is 1. The SMILES string of the molecule is CC(N)C(N1CCC(OCCO)CC1)C(C)(C)C. The Balaban J connectivity index is 2.49. The number of rotatable bonds is 5. The van der Waals surface area contributed by atoms with Gasteiger partial charge in [0.2, 0.25) is 0 Å². The molecule has 1 fully saturated rings. The van der Waals surface area contributed by atoms with Crippen LogP contribution in [0.2, 0.25) is 0 Å². The van der Waals surface area contributed by atoms with Crippen LogP contribution >= 0.6 is 0 Å². The minimum Gasteiger partial charge on any atom is -0.394 e. The van der Waals surface area contributed by atoms with Gasteiger partial charge in [0.15, 0.2) is 0 Å². The Labute approximate surface area is 111 Å². The summed E-state index contributed by atoms with van der Waals surface area (Å²) in [7, 11) is 0. The lowest BCUT2D eigenvalue weighted by molar-refractivity contribution is -0.0298. The Hall–Kier alpha value is -0.160. The quantitative estimate of drug-likeness (QED) is 0.778. The summed E-state index contributed by atoms with van der Waals surface area (Å²) in [5, 5.41) is 8.76. The number of aliphatic hydroxyl groups is 1. The fraction of sp³-hybridized carbons (Fsp3) is 1.00. The van der Waals surface area contributed by atoms with Gasteiger partial charge in [-0.15, -0.1) is 0 Å². The Morgan fingerprint density at radius 3 is 2.28 bits per heavy atom. The normalized spacial score (nSPS) is 23.0. The molecule has 1 heterocycles. The summed E-state index contributed by atoms with van der Waals surface area (Å²) in [6, 6.07) is 0.594. The summed E-state index contributed by atoms with van der Waals surface area (Å²) in [6.07, 6.45) is 2.39. The minimum absolute atomic E-state index is 0.116. The average molecular weight is 258 g/mol. The van der Waals surface area contributed by atoms with E-state index in [1.165, 1.54) is 0 Å². The van der Waals surface area contributed by atoms with Crippen LogP contribution in [0.15, 0.2) is 0 Å². The summed E-state index contributed by atoms with van der Waals surface area (Å²) >= 11 is 0. The van der Waals surface area contributed by atoms with E-state index in [0.29, 0.717) is 18.8 Å². The molecule has 0 aromatic rings. The van der Waals surface area contributed by atoms with Gasteiger partial charge in [0.25, 0.3) is 0 Å². The molecule has 0 aliphatic carbocycles. The third-order valence-corrected chi connectivity index (χ3v) is 3.70. The Morgan fingerprint density at radius 1 is 1.33 bits per heavy atom. The predicted molar refractivity (Wildman–Crippen MR) is 74.5 cm³/mol. The Kier molecular flexibility index (Phi) is 6.05. The van der Waals surface area contributed by atoms with Crippen molar-refractivity contribution in [2.75, 3.05) is 26.3 Å². The second-order valence-corrected chi connectivity index (χ2v) is 6.50. The third-order valence-electron chi connectivity index (χ3n) is 3.70. The van der Waals surface area contributed by atoms with E-state index in [9.17, 15) is 0 Å². The largest absolute Gasteiger partial charge is 0.394 e. The maximum absolute atomic E-state index is 8.76. The molecule has 4 nitrogen and oxygen atoms in total.